The number of carboxylic acids is 1. The molecule has 0 aliphatic carbocycles. The zero-order valence-electron chi connectivity index (χ0n) is 17.1. The van der Waals surface area contributed by atoms with Crippen molar-refractivity contribution in [2.75, 3.05) is 19.0 Å². The Kier molecular flexibility index (Phi) is 7.16. The Morgan fingerprint density at radius 3 is 2.42 bits per heavy atom. The van der Waals surface area contributed by atoms with Crippen molar-refractivity contribution in [2.24, 2.45) is 0 Å². The maximum atomic E-state index is 12.7. The van der Waals surface area contributed by atoms with E-state index in [1.165, 1.54) is 24.3 Å². The third kappa shape index (κ3) is 6.24. The van der Waals surface area contributed by atoms with Crippen molar-refractivity contribution in [3.8, 4) is 17.2 Å². The van der Waals surface area contributed by atoms with Crippen LogP contribution in [0.1, 0.15) is 33.5 Å². The Morgan fingerprint density at radius 2 is 1.81 bits per heavy atom. The third-order valence-electron chi connectivity index (χ3n) is 3.97. The summed E-state index contributed by atoms with van der Waals surface area (Å²) >= 11 is 1.08. The van der Waals surface area contributed by atoms with E-state index < -0.39 is 11.9 Å². The molecule has 2 aromatic carbocycles. The van der Waals surface area contributed by atoms with Crippen LogP contribution in [0, 0.1) is 6.92 Å². The van der Waals surface area contributed by atoms with E-state index in [-0.39, 0.29) is 11.7 Å². The molecule has 2 N–H and O–H groups in total. The van der Waals surface area contributed by atoms with Gasteiger partial charge in [-0.3, -0.25) is 10.1 Å². The molecule has 0 saturated carbocycles. The van der Waals surface area contributed by atoms with E-state index in [1.807, 2.05) is 6.92 Å². The zero-order valence-corrected chi connectivity index (χ0v) is 17.9. The summed E-state index contributed by atoms with van der Waals surface area (Å²) in [7, 11) is 1.57. The standard InChI is InChI=1S/C21H21N3O6S/c1-12(11-28-3)29-17-8-15(19(25)23-21-22-13(2)24-31-21)9-18(10-17)30-16-6-4-14(5-7-16)20(26)27/h4-10,12H,11H2,1-3H3,(H,26,27)(H,22,23,24,25). The smallest absolute Gasteiger partial charge is 0.335 e. The lowest BCUT2D eigenvalue weighted by atomic mass is 10.2. The summed E-state index contributed by atoms with van der Waals surface area (Å²) in [6.07, 6.45) is -0.253. The van der Waals surface area contributed by atoms with Gasteiger partial charge in [-0.2, -0.15) is 4.37 Å². The normalized spacial score (nSPS) is 11.6. The molecule has 1 heterocycles. The van der Waals surface area contributed by atoms with Gasteiger partial charge in [0.15, 0.2) is 0 Å². The topological polar surface area (TPSA) is 120 Å². The van der Waals surface area contributed by atoms with E-state index in [1.54, 1.807) is 32.2 Å². The van der Waals surface area contributed by atoms with E-state index in [4.69, 9.17) is 19.3 Å². The first-order chi connectivity index (χ1) is 14.8. The van der Waals surface area contributed by atoms with Crippen molar-refractivity contribution in [1.82, 2.24) is 9.36 Å². The van der Waals surface area contributed by atoms with Crippen molar-refractivity contribution in [3.05, 3.63) is 59.4 Å². The molecule has 0 bridgehead atoms. The highest BCUT2D eigenvalue weighted by molar-refractivity contribution is 7.09. The van der Waals surface area contributed by atoms with Crippen LogP contribution in [0.5, 0.6) is 17.2 Å². The van der Waals surface area contributed by atoms with Gasteiger partial charge in [0.05, 0.1) is 12.2 Å². The second-order valence-corrected chi connectivity index (χ2v) is 7.36. The van der Waals surface area contributed by atoms with Gasteiger partial charge < -0.3 is 19.3 Å². The second-order valence-electron chi connectivity index (χ2n) is 6.61. The fourth-order valence-electron chi connectivity index (χ4n) is 2.65. The zero-order chi connectivity index (χ0) is 22.4. The molecule has 0 aliphatic rings. The molecule has 9 nitrogen and oxygen atoms in total. The van der Waals surface area contributed by atoms with E-state index in [9.17, 15) is 9.59 Å². The first-order valence-electron chi connectivity index (χ1n) is 9.27. The molecular formula is C21H21N3O6S. The number of hydrogen-bond acceptors (Lipinski definition) is 8. The van der Waals surface area contributed by atoms with Crippen LogP contribution in [0.4, 0.5) is 5.13 Å². The van der Waals surface area contributed by atoms with Crippen LogP contribution in [0.15, 0.2) is 42.5 Å². The fraction of sp³-hybridized carbons (Fsp3) is 0.238. The molecule has 162 valence electrons. The first kappa shape index (κ1) is 22.2. The largest absolute Gasteiger partial charge is 0.488 e. The quantitative estimate of drug-likeness (QED) is 0.509. The van der Waals surface area contributed by atoms with Gasteiger partial charge in [0.2, 0.25) is 5.13 Å². The summed E-state index contributed by atoms with van der Waals surface area (Å²) in [5.74, 6) is 0.330. The van der Waals surface area contributed by atoms with Crippen molar-refractivity contribution in [2.45, 2.75) is 20.0 Å². The molecule has 10 heteroatoms. The van der Waals surface area contributed by atoms with Gasteiger partial charge in [-0.05, 0) is 50.2 Å². The predicted octanol–water partition coefficient (Wildman–Crippen LogP) is 4.00. The average molecular weight is 443 g/mol. The van der Waals surface area contributed by atoms with Gasteiger partial charge in [-0.15, -0.1) is 0 Å². The number of carbonyl (C=O) groups excluding carboxylic acids is 1. The number of benzene rings is 2. The Hall–Kier alpha value is -3.50. The lowest BCUT2D eigenvalue weighted by molar-refractivity contribution is 0.0696. The molecule has 3 aromatic rings. The molecule has 0 radical (unpaired) electrons. The van der Waals surface area contributed by atoms with Crippen LogP contribution in [0.3, 0.4) is 0 Å². The Balaban J connectivity index is 1.86. The number of hydrogen-bond donors (Lipinski definition) is 2. The monoisotopic (exact) mass is 443 g/mol. The number of ether oxygens (including phenoxy) is 3. The second kappa shape index (κ2) is 10.0. The van der Waals surface area contributed by atoms with E-state index >= 15 is 0 Å². The maximum Gasteiger partial charge on any atom is 0.335 e. The minimum Gasteiger partial charge on any atom is -0.488 e. The molecule has 1 aromatic heterocycles. The van der Waals surface area contributed by atoms with Crippen LogP contribution in [-0.4, -0.2) is 46.2 Å². The number of nitrogens with one attached hydrogen (secondary N) is 1. The number of aromatic nitrogens is 2. The van der Waals surface area contributed by atoms with Gasteiger partial charge in [0.25, 0.3) is 5.91 Å². The molecule has 1 amide bonds. The van der Waals surface area contributed by atoms with Crippen LogP contribution in [0.25, 0.3) is 0 Å². The lowest BCUT2D eigenvalue weighted by Gasteiger charge is -2.16. The van der Waals surface area contributed by atoms with Crippen molar-refractivity contribution < 1.29 is 28.9 Å². The molecule has 0 aliphatic heterocycles. The van der Waals surface area contributed by atoms with Crippen LogP contribution >= 0.6 is 11.5 Å². The molecular weight excluding hydrogens is 422 g/mol. The number of amides is 1. The van der Waals surface area contributed by atoms with Gasteiger partial charge in [-0.25, -0.2) is 9.78 Å². The van der Waals surface area contributed by atoms with Gasteiger partial charge in [-0.1, -0.05) is 0 Å². The minimum absolute atomic E-state index is 0.144. The summed E-state index contributed by atoms with van der Waals surface area (Å²) in [5.41, 5.74) is 0.442. The van der Waals surface area contributed by atoms with Gasteiger partial charge >= 0.3 is 5.97 Å². The minimum atomic E-state index is -1.03. The van der Waals surface area contributed by atoms with Crippen LogP contribution in [-0.2, 0) is 4.74 Å². The first-order valence-corrected chi connectivity index (χ1v) is 10.0. The summed E-state index contributed by atoms with van der Waals surface area (Å²) in [5, 5.41) is 12.1. The molecule has 31 heavy (non-hydrogen) atoms. The number of methoxy groups -OCH3 is 1. The third-order valence-corrected chi connectivity index (χ3v) is 4.69. The fourth-order valence-corrected chi connectivity index (χ4v) is 3.22. The van der Waals surface area contributed by atoms with Crippen molar-refractivity contribution in [3.63, 3.8) is 0 Å². The predicted molar refractivity (Wildman–Crippen MR) is 114 cm³/mol. The summed E-state index contributed by atoms with van der Waals surface area (Å²) in [6.45, 7) is 3.94. The highest BCUT2D eigenvalue weighted by Gasteiger charge is 2.15. The molecule has 1 atom stereocenters. The van der Waals surface area contributed by atoms with Gasteiger partial charge in [0.1, 0.15) is 29.2 Å². The van der Waals surface area contributed by atoms with Crippen LogP contribution in [0.2, 0.25) is 0 Å². The lowest BCUT2D eigenvalue weighted by Crippen LogP contribution is -2.18. The highest BCUT2D eigenvalue weighted by Crippen LogP contribution is 2.29. The average Bonchev–Trinajstić information content (AvgIpc) is 3.13. The maximum absolute atomic E-state index is 12.7. The number of nitrogens with zero attached hydrogens (tertiary/aromatic N) is 2. The van der Waals surface area contributed by atoms with E-state index in [0.29, 0.717) is 40.4 Å². The summed E-state index contributed by atoms with van der Waals surface area (Å²) in [6, 6.07) is 10.7. The molecule has 1 unspecified atom stereocenters. The molecule has 0 fully saturated rings. The number of anilines is 1. The number of aromatic carboxylic acids is 1. The number of aryl methyl sites for hydroxylation is 1. The molecule has 0 spiro atoms. The van der Waals surface area contributed by atoms with E-state index in [2.05, 4.69) is 14.7 Å². The molecule has 3 rings (SSSR count). The number of carbonyl (C=O) groups is 2. The van der Waals surface area contributed by atoms with Crippen molar-refractivity contribution >= 4 is 28.5 Å². The van der Waals surface area contributed by atoms with Crippen LogP contribution < -0.4 is 14.8 Å². The summed E-state index contributed by atoms with van der Waals surface area (Å²) in [4.78, 5) is 27.9. The van der Waals surface area contributed by atoms with E-state index in [0.717, 1.165) is 11.5 Å². The highest BCUT2D eigenvalue weighted by atomic mass is 32.1. The van der Waals surface area contributed by atoms with Crippen molar-refractivity contribution in [1.29, 1.82) is 0 Å². The number of rotatable bonds is 9. The number of carboxylic acid groups (broad SMARTS) is 1. The Bertz CT molecular complexity index is 1070. The molecule has 0 saturated heterocycles. The Morgan fingerprint density at radius 1 is 1.10 bits per heavy atom. The SMILES string of the molecule is COCC(C)Oc1cc(Oc2ccc(C(=O)O)cc2)cc(C(=O)Nc2nc(C)ns2)c1. The van der Waals surface area contributed by atoms with Gasteiger partial charge in [0, 0.05) is 30.3 Å². The summed E-state index contributed by atoms with van der Waals surface area (Å²) < 4.78 is 20.8. The Labute approximate surface area is 182 Å².